The molecule has 1 nitrogen and oxygen atoms in total. The molecule has 0 bridgehead atoms. The second-order valence-electron chi connectivity index (χ2n) is 15.6. The lowest BCUT2D eigenvalue weighted by atomic mass is 9.32. The lowest BCUT2D eigenvalue weighted by molar-refractivity contribution is -0.236. The molecule has 6 rings (SSSR count). The van der Waals surface area contributed by atoms with E-state index in [1.165, 1.54) is 70.6 Å². The maximum Gasteiger partial charge on any atom is 0.101 e. The summed E-state index contributed by atoms with van der Waals surface area (Å²) in [5.74, 6) is 3.52. The van der Waals surface area contributed by atoms with Crippen LogP contribution in [0.3, 0.4) is 0 Å². The fourth-order valence-electron chi connectivity index (χ4n) is 12.3. The van der Waals surface area contributed by atoms with Crippen LogP contribution in [0.15, 0.2) is 0 Å². The molecule has 1 heteroatoms. The Balaban J connectivity index is 1.41. The zero-order chi connectivity index (χ0) is 22.3. The van der Waals surface area contributed by atoms with Gasteiger partial charge in [-0.05, 0) is 129 Å². The number of rotatable bonds is 0. The molecule has 1 spiro atoms. The van der Waals surface area contributed by atoms with Crippen molar-refractivity contribution in [1.29, 1.82) is 0 Å². The first-order chi connectivity index (χ1) is 14.3. The Labute approximate surface area is 192 Å². The van der Waals surface area contributed by atoms with Crippen molar-refractivity contribution in [1.82, 2.24) is 0 Å². The average molecular weight is 427 g/mol. The van der Waals surface area contributed by atoms with Gasteiger partial charge in [0.2, 0.25) is 0 Å². The average Bonchev–Trinajstić information content (AvgIpc) is 3.07. The summed E-state index contributed by atoms with van der Waals surface area (Å²) in [6.07, 6.45) is 16.0. The van der Waals surface area contributed by atoms with Gasteiger partial charge in [-0.25, -0.2) is 0 Å². The Morgan fingerprint density at radius 3 is 1.97 bits per heavy atom. The monoisotopic (exact) mass is 426 g/mol. The van der Waals surface area contributed by atoms with E-state index in [4.69, 9.17) is 4.74 Å². The standard InChI is InChI=1S/C30H50O/c1-24(2)13-9-14-27(6)21(24)12-15-29(8)22(27)11-10-20-23-26(5,16-18-28(20,29)7)17-19-30(23)25(3,4)31-30/h20-23H,9-19H2,1-8H3/t20-,21+,22-,23-,26+,27+,28-,29-,30+/m1/s1. The minimum absolute atomic E-state index is 0.114. The van der Waals surface area contributed by atoms with Crippen molar-refractivity contribution >= 4 is 0 Å². The lowest BCUT2D eigenvalue weighted by Crippen LogP contribution is -2.66. The molecule has 0 aromatic rings. The SMILES string of the molecule is CC1(C)CCC[C@]2(C)[C@H]3CC[C@@H]4[C@@H]5[C@](C)(CC[C@]56OC6(C)C)CC[C@@]4(C)[C@]3(C)CC[C@@H]12. The van der Waals surface area contributed by atoms with Gasteiger partial charge in [0.1, 0.15) is 5.60 Å². The van der Waals surface area contributed by atoms with Crippen molar-refractivity contribution in [3.05, 3.63) is 0 Å². The summed E-state index contributed by atoms with van der Waals surface area (Å²) in [7, 11) is 0. The molecule has 31 heavy (non-hydrogen) atoms. The Kier molecular flexibility index (Phi) is 4.00. The quantitative estimate of drug-likeness (QED) is 0.354. The van der Waals surface area contributed by atoms with Crippen molar-refractivity contribution < 1.29 is 4.74 Å². The Hall–Kier alpha value is -0.0400. The van der Waals surface area contributed by atoms with E-state index in [9.17, 15) is 0 Å². The minimum atomic E-state index is 0.114. The maximum atomic E-state index is 6.68. The predicted molar refractivity (Wildman–Crippen MR) is 129 cm³/mol. The third kappa shape index (κ3) is 2.30. The molecule has 0 N–H and O–H groups in total. The van der Waals surface area contributed by atoms with Gasteiger partial charge in [-0.15, -0.1) is 0 Å². The third-order valence-corrected chi connectivity index (χ3v) is 14.0. The predicted octanol–water partition coefficient (Wildman–Crippen LogP) is 8.41. The number of ether oxygens (including phenoxy) is 1. The Morgan fingerprint density at radius 1 is 0.613 bits per heavy atom. The zero-order valence-electron chi connectivity index (χ0n) is 22.0. The van der Waals surface area contributed by atoms with Gasteiger partial charge in [0.15, 0.2) is 0 Å². The zero-order valence-corrected chi connectivity index (χ0v) is 22.0. The highest BCUT2D eigenvalue weighted by Gasteiger charge is 2.79. The smallest absolute Gasteiger partial charge is 0.101 e. The first-order valence-corrected chi connectivity index (χ1v) is 14.0. The van der Waals surface area contributed by atoms with Crippen LogP contribution in [0.5, 0.6) is 0 Å². The highest BCUT2D eigenvalue weighted by atomic mass is 16.6. The van der Waals surface area contributed by atoms with Crippen LogP contribution in [0.25, 0.3) is 0 Å². The van der Waals surface area contributed by atoms with Crippen LogP contribution in [-0.2, 0) is 4.74 Å². The van der Waals surface area contributed by atoms with Gasteiger partial charge in [0.25, 0.3) is 0 Å². The van der Waals surface area contributed by atoms with Crippen molar-refractivity contribution in [2.75, 3.05) is 0 Å². The van der Waals surface area contributed by atoms with E-state index in [0.29, 0.717) is 27.1 Å². The summed E-state index contributed by atoms with van der Waals surface area (Å²) >= 11 is 0. The third-order valence-electron chi connectivity index (χ3n) is 14.0. The molecule has 6 aliphatic rings. The fraction of sp³-hybridized carbons (Fsp3) is 1.00. The van der Waals surface area contributed by atoms with E-state index < -0.39 is 0 Å². The summed E-state index contributed by atoms with van der Waals surface area (Å²) in [4.78, 5) is 0. The fourth-order valence-corrected chi connectivity index (χ4v) is 12.3. The van der Waals surface area contributed by atoms with Gasteiger partial charge >= 0.3 is 0 Å². The van der Waals surface area contributed by atoms with Crippen LogP contribution < -0.4 is 0 Å². The van der Waals surface area contributed by atoms with Crippen molar-refractivity contribution in [2.24, 2.45) is 50.7 Å². The minimum Gasteiger partial charge on any atom is -0.363 e. The first-order valence-electron chi connectivity index (χ1n) is 14.0. The molecule has 1 heterocycles. The number of epoxide rings is 1. The summed E-state index contributed by atoms with van der Waals surface area (Å²) in [5, 5.41) is 0. The highest BCUT2D eigenvalue weighted by molar-refractivity contribution is 5.27. The molecule has 0 amide bonds. The molecule has 0 unspecified atom stereocenters. The van der Waals surface area contributed by atoms with Gasteiger partial charge in [-0.3, -0.25) is 0 Å². The summed E-state index contributed by atoms with van der Waals surface area (Å²) in [5.41, 5.74) is 2.95. The molecular formula is C30H50O. The molecule has 9 atom stereocenters. The van der Waals surface area contributed by atoms with E-state index in [2.05, 4.69) is 55.4 Å². The molecule has 0 aromatic heterocycles. The van der Waals surface area contributed by atoms with Gasteiger partial charge < -0.3 is 4.74 Å². The van der Waals surface area contributed by atoms with Crippen LogP contribution in [-0.4, -0.2) is 11.2 Å². The maximum absolute atomic E-state index is 6.68. The molecule has 5 aliphatic carbocycles. The van der Waals surface area contributed by atoms with Gasteiger partial charge in [0, 0.05) is 0 Å². The van der Waals surface area contributed by atoms with E-state index in [0.717, 1.165) is 23.7 Å². The van der Waals surface area contributed by atoms with E-state index >= 15 is 0 Å². The number of hydrogen-bond donors (Lipinski definition) is 0. The molecule has 5 saturated carbocycles. The van der Waals surface area contributed by atoms with Crippen molar-refractivity contribution in [3.8, 4) is 0 Å². The normalized spacial score (nSPS) is 61.2. The van der Waals surface area contributed by atoms with E-state index in [-0.39, 0.29) is 11.2 Å². The second-order valence-corrected chi connectivity index (χ2v) is 15.6. The molecule has 176 valence electrons. The largest absolute Gasteiger partial charge is 0.363 e. The molecule has 0 aromatic carbocycles. The second kappa shape index (κ2) is 5.78. The van der Waals surface area contributed by atoms with Crippen LogP contribution in [0.2, 0.25) is 0 Å². The van der Waals surface area contributed by atoms with Crippen LogP contribution in [0, 0.1) is 50.7 Å². The van der Waals surface area contributed by atoms with Crippen molar-refractivity contribution in [3.63, 3.8) is 0 Å². The van der Waals surface area contributed by atoms with Crippen LogP contribution in [0.1, 0.15) is 126 Å². The topological polar surface area (TPSA) is 12.5 Å². The molecule has 6 fully saturated rings. The van der Waals surface area contributed by atoms with Crippen LogP contribution >= 0.6 is 0 Å². The molecular weight excluding hydrogens is 376 g/mol. The van der Waals surface area contributed by atoms with E-state index in [1.54, 1.807) is 0 Å². The number of fused-ring (bicyclic) bond motifs is 8. The molecule has 0 radical (unpaired) electrons. The van der Waals surface area contributed by atoms with Crippen LogP contribution in [0.4, 0.5) is 0 Å². The van der Waals surface area contributed by atoms with Gasteiger partial charge in [-0.1, -0.05) is 48.0 Å². The summed E-state index contributed by atoms with van der Waals surface area (Å²) < 4.78 is 6.68. The van der Waals surface area contributed by atoms with Crippen molar-refractivity contribution in [2.45, 2.75) is 137 Å². The molecule has 1 aliphatic heterocycles. The lowest BCUT2D eigenvalue weighted by Gasteiger charge is -2.72. The molecule has 1 saturated heterocycles. The Bertz CT molecular complexity index is 796. The number of hydrogen-bond acceptors (Lipinski definition) is 1. The first kappa shape index (κ1) is 21.5. The van der Waals surface area contributed by atoms with Gasteiger partial charge in [0.05, 0.1) is 5.60 Å². The summed E-state index contributed by atoms with van der Waals surface area (Å²) in [6, 6.07) is 0. The highest BCUT2D eigenvalue weighted by Crippen LogP contribution is 2.80. The Morgan fingerprint density at radius 2 is 1.29 bits per heavy atom. The summed E-state index contributed by atoms with van der Waals surface area (Å²) in [6.45, 7) is 21.0. The van der Waals surface area contributed by atoms with E-state index in [1.807, 2.05) is 0 Å². The van der Waals surface area contributed by atoms with Gasteiger partial charge in [-0.2, -0.15) is 0 Å².